The molecule has 0 fully saturated rings. The van der Waals surface area contributed by atoms with Crippen LogP contribution >= 0.6 is 11.3 Å². The van der Waals surface area contributed by atoms with E-state index in [4.69, 9.17) is 0 Å². The summed E-state index contributed by atoms with van der Waals surface area (Å²) in [5, 5.41) is 7.73. The Balaban J connectivity index is 0.974. The highest BCUT2D eigenvalue weighted by atomic mass is 32.1. The summed E-state index contributed by atoms with van der Waals surface area (Å²) >= 11 is 1.85. The van der Waals surface area contributed by atoms with E-state index in [0.717, 1.165) is 22.7 Å². The molecule has 3 heteroatoms. The van der Waals surface area contributed by atoms with Crippen molar-refractivity contribution in [2.75, 3.05) is 4.90 Å². The topological polar surface area (TPSA) is 8.17 Å². The van der Waals surface area contributed by atoms with Gasteiger partial charge in [-0.1, -0.05) is 133 Å². The van der Waals surface area contributed by atoms with Gasteiger partial charge < -0.3 is 9.47 Å². The SMILES string of the molecule is c1ccc(-c2ccc(N(c3ccc(-c4ccc(-n5c6ccccc6c6c7ccccc7ccc65)cc4)cc3)c3ccc4sc5ccccc5c4c3)cc2)cc1. The molecule has 0 radical (unpaired) electrons. The number of hydrogen-bond donors (Lipinski definition) is 0. The zero-order valence-electron chi connectivity index (χ0n) is 29.9. The zero-order chi connectivity index (χ0) is 36.3. The summed E-state index contributed by atoms with van der Waals surface area (Å²) in [4.78, 5) is 2.37. The predicted molar refractivity (Wildman–Crippen MR) is 237 cm³/mol. The third-order valence-electron chi connectivity index (χ3n) is 11.0. The molecule has 11 aromatic rings. The van der Waals surface area contributed by atoms with Gasteiger partial charge in [0.15, 0.2) is 0 Å². The molecule has 2 nitrogen and oxygen atoms in total. The second kappa shape index (κ2) is 12.9. The summed E-state index contributed by atoms with van der Waals surface area (Å²) in [5.74, 6) is 0. The van der Waals surface area contributed by atoms with E-state index in [9.17, 15) is 0 Å². The summed E-state index contributed by atoms with van der Waals surface area (Å²) in [5.41, 5.74) is 11.8. The van der Waals surface area contributed by atoms with Crippen molar-refractivity contribution in [1.29, 1.82) is 0 Å². The van der Waals surface area contributed by atoms with Crippen LogP contribution in [0.1, 0.15) is 0 Å². The van der Waals surface area contributed by atoms with Gasteiger partial charge >= 0.3 is 0 Å². The highest BCUT2D eigenvalue weighted by Crippen LogP contribution is 2.42. The average Bonchev–Trinajstić information content (AvgIpc) is 3.81. The molecule has 0 aliphatic heterocycles. The van der Waals surface area contributed by atoms with Gasteiger partial charge in [-0.2, -0.15) is 0 Å². The number of benzene rings is 9. The Bertz CT molecular complexity index is 3170. The highest BCUT2D eigenvalue weighted by Gasteiger charge is 2.17. The normalized spacial score (nSPS) is 11.6. The summed E-state index contributed by atoms with van der Waals surface area (Å²) in [6, 6.07) is 75.1. The molecule has 0 N–H and O–H groups in total. The molecule has 2 heterocycles. The Labute approximate surface area is 323 Å². The molecule has 2 aromatic heterocycles. The highest BCUT2D eigenvalue weighted by molar-refractivity contribution is 7.25. The molecule has 9 aromatic carbocycles. The fraction of sp³-hybridized carbons (Fsp3) is 0. The molecule has 0 saturated heterocycles. The number of para-hydroxylation sites is 1. The summed E-state index contributed by atoms with van der Waals surface area (Å²) in [6.07, 6.45) is 0. The summed E-state index contributed by atoms with van der Waals surface area (Å²) in [6.45, 7) is 0. The van der Waals surface area contributed by atoms with Crippen LogP contribution < -0.4 is 4.90 Å². The minimum absolute atomic E-state index is 1.12. The second-order valence-electron chi connectivity index (χ2n) is 14.2. The van der Waals surface area contributed by atoms with Crippen LogP contribution in [0.3, 0.4) is 0 Å². The minimum Gasteiger partial charge on any atom is -0.310 e. The maximum atomic E-state index is 2.40. The van der Waals surface area contributed by atoms with Gasteiger partial charge in [0.1, 0.15) is 0 Å². The van der Waals surface area contributed by atoms with Crippen molar-refractivity contribution in [3.05, 3.63) is 206 Å². The average molecular weight is 719 g/mol. The van der Waals surface area contributed by atoms with Gasteiger partial charge in [-0.15, -0.1) is 11.3 Å². The van der Waals surface area contributed by atoms with Crippen LogP contribution in [-0.4, -0.2) is 4.57 Å². The molecule has 0 aliphatic carbocycles. The van der Waals surface area contributed by atoms with E-state index in [1.54, 1.807) is 0 Å². The molecule has 0 aliphatic rings. The van der Waals surface area contributed by atoms with Crippen molar-refractivity contribution >= 4 is 81.1 Å². The van der Waals surface area contributed by atoms with Gasteiger partial charge in [-0.05, 0) is 106 Å². The lowest BCUT2D eigenvalue weighted by molar-refractivity contribution is 1.18. The standard InChI is InChI=1S/C52H34N2S/c1-2-10-35(11-3-1)36-18-25-40(26-19-36)53(43-31-33-51-47(34-43)45-14-7-9-17-50(45)55-51)41-27-20-37(21-28-41)38-22-29-42(30-23-38)54-48-16-8-6-15-46(48)52-44-13-5-4-12-39(44)24-32-49(52)54/h1-34H. The number of nitrogens with zero attached hydrogens (tertiary/aromatic N) is 2. The first kappa shape index (κ1) is 31.6. The number of thiophene rings is 1. The molecular weight excluding hydrogens is 685 g/mol. The monoisotopic (exact) mass is 718 g/mol. The Kier molecular flexibility index (Phi) is 7.39. The molecule has 0 amide bonds. The van der Waals surface area contributed by atoms with Crippen LogP contribution in [0, 0.1) is 0 Å². The lowest BCUT2D eigenvalue weighted by atomic mass is 10.0. The second-order valence-corrected chi connectivity index (χ2v) is 15.2. The number of anilines is 3. The smallest absolute Gasteiger partial charge is 0.0547 e. The van der Waals surface area contributed by atoms with Gasteiger partial charge in [-0.25, -0.2) is 0 Å². The molecular formula is C52H34N2S. The fourth-order valence-electron chi connectivity index (χ4n) is 8.36. The number of aromatic nitrogens is 1. The fourth-order valence-corrected chi connectivity index (χ4v) is 9.44. The van der Waals surface area contributed by atoms with Crippen LogP contribution in [0.5, 0.6) is 0 Å². The van der Waals surface area contributed by atoms with E-state index in [1.807, 2.05) is 11.3 Å². The van der Waals surface area contributed by atoms with E-state index in [0.29, 0.717) is 0 Å². The van der Waals surface area contributed by atoms with Gasteiger partial charge in [0, 0.05) is 53.7 Å². The van der Waals surface area contributed by atoms with E-state index < -0.39 is 0 Å². The van der Waals surface area contributed by atoms with Crippen LogP contribution in [0.4, 0.5) is 17.1 Å². The lowest BCUT2D eigenvalue weighted by Crippen LogP contribution is -2.09. The summed E-state index contributed by atoms with van der Waals surface area (Å²) in [7, 11) is 0. The quantitative estimate of drug-likeness (QED) is 0.166. The van der Waals surface area contributed by atoms with Gasteiger partial charge in [0.05, 0.1) is 11.0 Å². The molecule has 258 valence electrons. The third-order valence-corrected chi connectivity index (χ3v) is 12.1. The molecule has 0 spiro atoms. The Hall–Kier alpha value is -6.94. The number of hydrogen-bond acceptors (Lipinski definition) is 2. The van der Waals surface area contributed by atoms with Crippen molar-refractivity contribution in [3.63, 3.8) is 0 Å². The molecule has 0 unspecified atom stereocenters. The van der Waals surface area contributed by atoms with Crippen molar-refractivity contribution in [3.8, 4) is 27.9 Å². The van der Waals surface area contributed by atoms with Crippen LogP contribution in [-0.2, 0) is 0 Å². The molecule has 11 rings (SSSR count). The van der Waals surface area contributed by atoms with Crippen molar-refractivity contribution < 1.29 is 0 Å². The zero-order valence-corrected chi connectivity index (χ0v) is 30.7. The first-order valence-electron chi connectivity index (χ1n) is 18.8. The number of rotatable bonds is 6. The first-order chi connectivity index (χ1) is 27.3. The Morgan fingerprint density at radius 3 is 1.62 bits per heavy atom. The van der Waals surface area contributed by atoms with Crippen LogP contribution in [0.25, 0.3) is 80.7 Å². The molecule has 0 saturated carbocycles. The van der Waals surface area contributed by atoms with Crippen LogP contribution in [0.2, 0.25) is 0 Å². The van der Waals surface area contributed by atoms with Crippen molar-refractivity contribution in [2.45, 2.75) is 0 Å². The van der Waals surface area contributed by atoms with E-state index in [-0.39, 0.29) is 0 Å². The van der Waals surface area contributed by atoms with E-state index >= 15 is 0 Å². The molecule has 0 bridgehead atoms. The maximum absolute atomic E-state index is 2.40. The van der Waals surface area contributed by atoms with Gasteiger partial charge in [-0.3, -0.25) is 0 Å². The van der Waals surface area contributed by atoms with Crippen molar-refractivity contribution in [1.82, 2.24) is 4.57 Å². The maximum Gasteiger partial charge on any atom is 0.0547 e. The molecule has 55 heavy (non-hydrogen) atoms. The Morgan fingerprint density at radius 2 is 0.891 bits per heavy atom. The van der Waals surface area contributed by atoms with E-state index in [1.165, 1.54) is 75.0 Å². The van der Waals surface area contributed by atoms with Gasteiger partial charge in [0.2, 0.25) is 0 Å². The van der Waals surface area contributed by atoms with Gasteiger partial charge in [0.25, 0.3) is 0 Å². The lowest BCUT2D eigenvalue weighted by Gasteiger charge is -2.26. The largest absolute Gasteiger partial charge is 0.310 e. The first-order valence-corrected chi connectivity index (χ1v) is 19.6. The molecule has 0 atom stereocenters. The van der Waals surface area contributed by atoms with E-state index in [2.05, 4.69) is 216 Å². The van der Waals surface area contributed by atoms with Crippen molar-refractivity contribution in [2.24, 2.45) is 0 Å². The third kappa shape index (κ3) is 5.32. The predicted octanol–water partition coefficient (Wildman–Crippen LogP) is 15.1. The summed E-state index contributed by atoms with van der Waals surface area (Å²) < 4.78 is 5.02. The minimum atomic E-state index is 1.12. The number of fused-ring (bicyclic) bond motifs is 8. The Morgan fingerprint density at radius 1 is 0.345 bits per heavy atom. The van der Waals surface area contributed by atoms with Crippen LogP contribution in [0.15, 0.2) is 206 Å².